The number of aromatic nitrogens is 4. The van der Waals surface area contributed by atoms with E-state index < -0.39 is 0 Å². The third kappa shape index (κ3) is 4.38. The van der Waals surface area contributed by atoms with E-state index in [1.807, 2.05) is 37.8 Å². The Kier molecular flexibility index (Phi) is 5.15. The number of halogens is 1. The molecule has 0 unspecified atom stereocenters. The SMILES string of the molecule is Cn1cc(-c2cc(Nc3ncc4cc(C5CC5)cc(Cl)c4n3)cc(O[C@H]3CCNC3)c2)cn1. The van der Waals surface area contributed by atoms with Crippen molar-refractivity contribution in [1.29, 1.82) is 0 Å². The van der Waals surface area contributed by atoms with Crippen molar-refractivity contribution >= 4 is 34.1 Å². The molecule has 33 heavy (non-hydrogen) atoms. The van der Waals surface area contributed by atoms with Crippen LogP contribution in [0.15, 0.2) is 48.9 Å². The van der Waals surface area contributed by atoms with Crippen LogP contribution < -0.4 is 15.4 Å². The van der Waals surface area contributed by atoms with Gasteiger partial charge in [0, 0.05) is 48.7 Å². The zero-order valence-electron chi connectivity index (χ0n) is 18.4. The minimum atomic E-state index is 0.165. The molecule has 0 spiro atoms. The van der Waals surface area contributed by atoms with E-state index in [0.29, 0.717) is 16.9 Å². The van der Waals surface area contributed by atoms with Crippen LogP contribution in [0.25, 0.3) is 22.0 Å². The van der Waals surface area contributed by atoms with Crippen molar-refractivity contribution in [3.05, 3.63) is 59.5 Å². The second kappa shape index (κ2) is 8.32. The van der Waals surface area contributed by atoms with Crippen molar-refractivity contribution in [1.82, 2.24) is 25.1 Å². The topological polar surface area (TPSA) is 76.9 Å². The van der Waals surface area contributed by atoms with Crippen LogP contribution in [0.5, 0.6) is 5.75 Å². The molecular weight excluding hydrogens is 436 g/mol. The van der Waals surface area contributed by atoms with Crippen molar-refractivity contribution in [2.75, 3.05) is 18.4 Å². The van der Waals surface area contributed by atoms with Gasteiger partial charge in [0.1, 0.15) is 11.9 Å². The van der Waals surface area contributed by atoms with Crippen LogP contribution in [0.1, 0.15) is 30.7 Å². The molecule has 6 rings (SSSR count). The van der Waals surface area contributed by atoms with Gasteiger partial charge in [0.2, 0.25) is 5.95 Å². The van der Waals surface area contributed by atoms with Gasteiger partial charge in [0.25, 0.3) is 0 Å². The lowest BCUT2D eigenvalue weighted by Gasteiger charge is -2.15. The highest BCUT2D eigenvalue weighted by Crippen LogP contribution is 2.42. The van der Waals surface area contributed by atoms with Gasteiger partial charge in [-0.3, -0.25) is 4.68 Å². The van der Waals surface area contributed by atoms with Crippen LogP contribution in [0.2, 0.25) is 5.02 Å². The standard InChI is InChI=1S/C25H25ClN6O/c1-32-14-19(12-29-32)17-7-20(10-22(8-17)33-21-4-5-27-13-21)30-25-28-11-18-6-16(15-2-3-15)9-23(26)24(18)31-25/h6-12,14-15,21,27H,2-5,13H2,1H3,(H,28,30,31)/t21-/m0/s1. The number of hydrogen-bond donors (Lipinski definition) is 2. The first-order valence-electron chi connectivity index (χ1n) is 11.4. The molecule has 2 aromatic carbocycles. The number of fused-ring (bicyclic) bond motifs is 1. The number of benzene rings is 2. The second-order valence-electron chi connectivity index (χ2n) is 8.91. The molecule has 0 amide bonds. The molecule has 1 aliphatic carbocycles. The molecule has 2 N–H and O–H groups in total. The monoisotopic (exact) mass is 460 g/mol. The molecule has 2 aliphatic rings. The van der Waals surface area contributed by atoms with Gasteiger partial charge >= 0.3 is 0 Å². The van der Waals surface area contributed by atoms with Gasteiger partial charge in [0.05, 0.1) is 16.7 Å². The number of hydrogen-bond acceptors (Lipinski definition) is 6. The minimum absolute atomic E-state index is 0.165. The van der Waals surface area contributed by atoms with Crippen molar-refractivity contribution < 1.29 is 4.74 Å². The summed E-state index contributed by atoms with van der Waals surface area (Å²) in [6.07, 6.45) is 9.31. The van der Waals surface area contributed by atoms with E-state index >= 15 is 0 Å². The summed E-state index contributed by atoms with van der Waals surface area (Å²) in [6.45, 7) is 1.83. The smallest absolute Gasteiger partial charge is 0.227 e. The summed E-state index contributed by atoms with van der Waals surface area (Å²) >= 11 is 6.58. The molecule has 3 heterocycles. The highest BCUT2D eigenvalue weighted by molar-refractivity contribution is 6.35. The Balaban J connectivity index is 1.33. The summed E-state index contributed by atoms with van der Waals surface area (Å²) in [6, 6.07) is 10.3. The molecule has 2 fully saturated rings. The highest BCUT2D eigenvalue weighted by Gasteiger charge is 2.24. The Morgan fingerprint density at radius 1 is 1.09 bits per heavy atom. The van der Waals surface area contributed by atoms with Gasteiger partial charge in [-0.05, 0) is 67.1 Å². The third-order valence-electron chi connectivity index (χ3n) is 6.23. The van der Waals surface area contributed by atoms with E-state index in [1.165, 1.54) is 18.4 Å². The van der Waals surface area contributed by atoms with Crippen LogP contribution in [-0.2, 0) is 7.05 Å². The molecule has 7 nitrogen and oxygen atoms in total. The molecule has 1 saturated heterocycles. The van der Waals surface area contributed by atoms with Crippen LogP contribution in [-0.4, -0.2) is 38.9 Å². The predicted molar refractivity (Wildman–Crippen MR) is 130 cm³/mol. The number of nitrogens with zero attached hydrogens (tertiary/aromatic N) is 4. The largest absolute Gasteiger partial charge is 0.489 e. The zero-order chi connectivity index (χ0) is 22.4. The van der Waals surface area contributed by atoms with Crippen LogP contribution >= 0.6 is 11.6 Å². The summed E-state index contributed by atoms with van der Waals surface area (Å²) in [5.74, 6) is 1.94. The summed E-state index contributed by atoms with van der Waals surface area (Å²) in [7, 11) is 1.91. The van der Waals surface area contributed by atoms with E-state index in [2.05, 4.69) is 38.9 Å². The lowest BCUT2D eigenvalue weighted by atomic mass is 10.1. The first kappa shape index (κ1) is 20.4. The quantitative estimate of drug-likeness (QED) is 0.419. The van der Waals surface area contributed by atoms with Gasteiger partial charge in [-0.2, -0.15) is 5.10 Å². The normalized spacial score (nSPS) is 18.1. The van der Waals surface area contributed by atoms with Gasteiger partial charge in [-0.25, -0.2) is 9.97 Å². The van der Waals surface area contributed by atoms with Crippen molar-refractivity contribution in [3.8, 4) is 16.9 Å². The predicted octanol–water partition coefficient (Wildman–Crippen LogP) is 5.05. The van der Waals surface area contributed by atoms with Crippen LogP contribution in [0, 0.1) is 0 Å². The first-order chi connectivity index (χ1) is 16.1. The van der Waals surface area contributed by atoms with Crippen molar-refractivity contribution in [3.63, 3.8) is 0 Å². The average molecular weight is 461 g/mol. The fraction of sp³-hybridized carbons (Fsp3) is 0.320. The molecule has 1 saturated carbocycles. The number of ether oxygens (including phenoxy) is 1. The number of rotatable bonds is 6. The van der Waals surface area contributed by atoms with E-state index in [0.717, 1.165) is 53.0 Å². The molecule has 8 heteroatoms. The van der Waals surface area contributed by atoms with E-state index in [1.54, 1.807) is 4.68 Å². The van der Waals surface area contributed by atoms with E-state index in [4.69, 9.17) is 21.3 Å². The van der Waals surface area contributed by atoms with E-state index in [9.17, 15) is 0 Å². The van der Waals surface area contributed by atoms with Crippen molar-refractivity contribution in [2.45, 2.75) is 31.3 Å². The Bertz CT molecular complexity index is 1330. The van der Waals surface area contributed by atoms with Crippen LogP contribution in [0.4, 0.5) is 11.6 Å². The maximum absolute atomic E-state index is 6.58. The second-order valence-corrected chi connectivity index (χ2v) is 9.32. The Hall–Kier alpha value is -3.16. The number of nitrogens with one attached hydrogen (secondary N) is 2. The maximum atomic E-state index is 6.58. The van der Waals surface area contributed by atoms with Crippen molar-refractivity contribution in [2.24, 2.45) is 7.05 Å². The Morgan fingerprint density at radius 2 is 2.00 bits per heavy atom. The fourth-order valence-electron chi connectivity index (χ4n) is 4.36. The molecule has 168 valence electrons. The summed E-state index contributed by atoms with van der Waals surface area (Å²) < 4.78 is 8.05. The third-order valence-corrected chi connectivity index (χ3v) is 6.51. The van der Waals surface area contributed by atoms with Gasteiger partial charge in [0.15, 0.2) is 0 Å². The molecule has 1 atom stereocenters. The zero-order valence-corrected chi connectivity index (χ0v) is 19.1. The number of anilines is 2. The Labute approximate surface area is 197 Å². The van der Waals surface area contributed by atoms with Gasteiger partial charge in [-0.1, -0.05) is 11.6 Å². The Morgan fingerprint density at radius 3 is 2.76 bits per heavy atom. The number of aryl methyl sites for hydroxylation is 1. The molecule has 0 radical (unpaired) electrons. The molecule has 0 bridgehead atoms. The summed E-state index contributed by atoms with van der Waals surface area (Å²) in [5.41, 5.74) is 4.93. The maximum Gasteiger partial charge on any atom is 0.227 e. The highest BCUT2D eigenvalue weighted by atomic mass is 35.5. The van der Waals surface area contributed by atoms with Gasteiger partial charge in [-0.15, -0.1) is 0 Å². The van der Waals surface area contributed by atoms with Gasteiger partial charge < -0.3 is 15.4 Å². The average Bonchev–Trinajstić information content (AvgIpc) is 3.36. The first-order valence-corrected chi connectivity index (χ1v) is 11.7. The molecular formula is C25H25ClN6O. The lowest BCUT2D eigenvalue weighted by molar-refractivity contribution is 0.223. The summed E-state index contributed by atoms with van der Waals surface area (Å²) in [4.78, 5) is 9.26. The fourth-order valence-corrected chi connectivity index (χ4v) is 4.64. The molecule has 1 aliphatic heterocycles. The van der Waals surface area contributed by atoms with E-state index in [-0.39, 0.29) is 6.10 Å². The summed E-state index contributed by atoms with van der Waals surface area (Å²) in [5, 5.41) is 12.6. The molecule has 2 aromatic heterocycles. The molecule has 4 aromatic rings. The van der Waals surface area contributed by atoms with Crippen LogP contribution in [0.3, 0.4) is 0 Å². The lowest BCUT2D eigenvalue weighted by Crippen LogP contribution is -2.19. The minimum Gasteiger partial charge on any atom is -0.489 e.